The van der Waals surface area contributed by atoms with Crippen molar-refractivity contribution >= 4 is 28.2 Å². The number of nitrogens with zero attached hydrogens (tertiary/aromatic N) is 1. The third kappa shape index (κ3) is 4.07. The molecule has 0 radical (unpaired) electrons. The van der Waals surface area contributed by atoms with E-state index >= 15 is 0 Å². The fraction of sp³-hybridized carbons (Fsp3) is 0.0800. The second-order valence-corrected chi connectivity index (χ2v) is 8.03. The van der Waals surface area contributed by atoms with Gasteiger partial charge in [0.2, 0.25) is 5.78 Å². The van der Waals surface area contributed by atoms with Crippen LogP contribution in [-0.4, -0.2) is 16.7 Å². The Bertz CT molecular complexity index is 1210. The van der Waals surface area contributed by atoms with Crippen LogP contribution in [0.4, 0.5) is 5.13 Å². The van der Waals surface area contributed by atoms with Crippen LogP contribution in [0.5, 0.6) is 0 Å². The van der Waals surface area contributed by atoms with Gasteiger partial charge in [-0.05, 0) is 25.5 Å². The predicted octanol–water partition coefficient (Wildman–Crippen LogP) is 5.91. The molecule has 0 unspecified atom stereocenters. The Hall–Kier alpha value is -3.57. The summed E-state index contributed by atoms with van der Waals surface area (Å²) in [6.45, 7) is 3.90. The van der Waals surface area contributed by atoms with E-state index in [2.05, 4.69) is 10.3 Å². The summed E-state index contributed by atoms with van der Waals surface area (Å²) >= 11 is 1.20. The van der Waals surface area contributed by atoms with E-state index in [0.717, 1.165) is 16.7 Å². The summed E-state index contributed by atoms with van der Waals surface area (Å²) in [5, 5.41) is 3.27. The zero-order valence-electron chi connectivity index (χ0n) is 16.7. The second kappa shape index (κ2) is 8.43. The van der Waals surface area contributed by atoms with Crippen LogP contribution in [-0.2, 0) is 0 Å². The summed E-state index contributed by atoms with van der Waals surface area (Å²) in [5.74, 6) is -0.349. The Morgan fingerprint density at radius 3 is 2.20 bits per heavy atom. The molecule has 4 aromatic rings. The molecule has 5 heteroatoms. The van der Waals surface area contributed by atoms with Gasteiger partial charge in [0, 0.05) is 16.7 Å². The molecule has 0 saturated carbocycles. The monoisotopic (exact) mass is 412 g/mol. The number of hydrogen-bond acceptors (Lipinski definition) is 4. The number of thiazole rings is 1. The van der Waals surface area contributed by atoms with Crippen molar-refractivity contribution in [1.82, 2.24) is 4.98 Å². The molecule has 4 nitrogen and oxygen atoms in total. The lowest BCUT2D eigenvalue weighted by Crippen LogP contribution is -2.13. The van der Waals surface area contributed by atoms with Crippen LogP contribution >= 0.6 is 11.3 Å². The van der Waals surface area contributed by atoms with Crippen LogP contribution in [0.3, 0.4) is 0 Å². The summed E-state index contributed by atoms with van der Waals surface area (Å²) in [4.78, 5) is 31.1. The van der Waals surface area contributed by atoms with Gasteiger partial charge in [0.25, 0.3) is 5.91 Å². The van der Waals surface area contributed by atoms with E-state index in [-0.39, 0.29) is 11.7 Å². The average molecular weight is 413 g/mol. The lowest BCUT2D eigenvalue weighted by Gasteiger charge is -2.06. The van der Waals surface area contributed by atoms with E-state index in [1.54, 1.807) is 12.1 Å². The van der Waals surface area contributed by atoms with Gasteiger partial charge in [-0.25, -0.2) is 4.98 Å². The number of anilines is 1. The van der Waals surface area contributed by atoms with E-state index in [9.17, 15) is 9.59 Å². The summed E-state index contributed by atoms with van der Waals surface area (Å²) < 4.78 is 0. The molecule has 3 aromatic carbocycles. The molecular formula is C25H20N2O2S. The van der Waals surface area contributed by atoms with Crippen molar-refractivity contribution in [2.75, 3.05) is 5.32 Å². The number of nitrogens with one attached hydrogen (secondary N) is 1. The van der Waals surface area contributed by atoms with E-state index in [0.29, 0.717) is 26.8 Å². The first kappa shape index (κ1) is 19.7. The number of aromatic nitrogens is 1. The molecule has 4 rings (SSSR count). The minimum atomic E-state index is -0.237. The van der Waals surface area contributed by atoms with Gasteiger partial charge in [0.1, 0.15) is 4.88 Å². The summed E-state index contributed by atoms with van der Waals surface area (Å²) in [6, 6.07) is 24.3. The van der Waals surface area contributed by atoms with Crippen molar-refractivity contribution in [3.05, 3.63) is 106 Å². The number of benzene rings is 3. The first-order valence-electron chi connectivity index (χ1n) is 9.57. The third-order valence-electron chi connectivity index (χ3n) is 4.76. The number of rotatable bonds is 5. The lowest BCUT2D eigenvalue weighted by molar-refractivity contribution is 0.102. The van der Waals surface area contributed by atoms with Crippen LogP contribution in [0.2, 0.25) is 0 Å². The molecule has 0 aliphatic heterocycles. The Kier molecular flexibility index (Phi) is 5.55. The minimum Gasteiger partial charge on any atom is -0.298 e. The van der Waals surface area contributed by atoms with Gasteiger partial charge < -0.3 is 0 Å². The van der Waals surface area contributed by atoms with Crippen LogP contribution in [0.25, 0.3) is 11.3 Å². The highest BCUT2D eigenvalue weighted by Gasteiger charge is 2.22. The Labute approximate surface area is 179 Å². The second-order valence-electron chi connectivity index (χ2n) is 7.03. The largest absolute Gasteiger partial charge is 0.298 e. The fourth-order valence-corrected chi connectivity index (χ4v) is 4.22. The van der Waals surface area contributed by atoms with Gasteiger partial charge in [-0.3, -0.25) is 14.9 Å². The normalized spacial score (nSPS) is 10.6. The Morgan fingerprint density at radius 1 is 0.867 bits per heavy atom. The third-order valence-corrected chi connectivity index (χ3v) is 5.73. The van der Waals surface area contributed by atoms with Crippen LogP contribution < -0.4 is 5.32 Å². The standard InChI is InChI=1S/C25H20N2O2S/c1-16-13-14-20(17(2)15-16)24(29)27-25-26-21(18-9-5-3-6-10-18)23(30-25)22(28)19-11-7-4-8-12-19/h3-15H,1-2H3,(H,26,27,29). The molecule has 0 fully saturated rings. The van der Waals surface area contributed by atoms with Gasteiger partial charge in [0.15, 0.2) is 5.13 Å². The van der Waals surface area contributed by atoms with E-state index < -0.39 is 0 Å². The van der Waals surface area contributed by atoms with Gasteiger partial charge in [-0.2, -0.15) is 0 Å². The van der Waals surface area contributed by atoms with Crippen LogP contribution in [0.15, 0.2) is 78.9 Å². The quantitative estimate of drug-likeness (QED) is 0.415. The number of ketones is 1. The fourth-order valence-electron chi connectivity index (χ4n) is 3.27. The van der Waals surface area contributed by atoms with Gasteiger partial charge in [0.05, 0.1) is 5.69 Å². The maximum atomic E-state index is 13.2. The number of amides is 1. The molecule has 0 aliphatic carbocycles. The number of carbonyl (C=O) groups excluding carboxylic acids is 2. The van der Waals surface area contributed by atoms with Crippen molar-refractivity contribution in [3.63, 3.8) is 0 Å². The molecular weight excluding hydrogens is 392 g/mol. The molecule has 0 atom stereocenters. The minimum absolute atomic E-state index is 0.112. The zero-order valence-corrected chi connectivity index (χ0v) is 17.5. The van der Waals surface area contributed by atoms with E-state index in [1.165, 1.54) is 11.3 Å². The smallest absolute Gasteiger partial charge is 0.257 e. The first-order valence-corrected chi connectivity index (χ1v) is 10.4. The molecule has 0 aliphatic rings. The van der Waals surface area contributed by atoms with E-state index in [1.807, 2.05) is 80.6 Å². The summed E-state index contributed by atoms with van der Waals surface area (Å²) in [7, 11) is 0. The van der Waals surface area contributed by atoms with Crippen LogP contribution in [0, 0.1) is 13.8 Å². The maximum absolute atomic E-state index is 13.2. The Balaban J connectivity index is 1.72. The highest BCUT2D eigenvalue weighted by Crippen LogP contribution is 2.33. The molecule has 1 heterocycles. The SMILES string of the molecule is Cc1ccc(C(=O)Nc2nc(-c3ccccc3)c(C(=O)c3ccccc3)s2)c(C)c1. The first-order chi connectivity index (χ1) is 14.5. The molecule has 1 N–H and O–H groups in total. The maximum Gasteiger partial charge on any atom is 0.257 e. The molecule has 0 saturated heterocycles. The van der Waals surface area contributed by atoms with Gasteiger partial charge in [-0.15, -0.1) is 0 Å². The predicted molar refractivity (Wildman–Crippen MR) is 121 cm³/mol. The van der Waals surface area contributed by atoms with Crippen molar-refractivity contribution in [1.29, 1.82) is 0 Å². The summed E-state index contributed by atoms with van der Waals surface area (Å²) in [5.41, 5.74) is 4.58. The van der Waals surface area contributed by atoms with Crippen molar-refractivity contribution in [2.24, 2.45) is 0 Å². The van der Waals surface area contributed by atoms with Crippen molar-refractivity contribution in [3.8, 4) is 11.3 Å². The average Bonchev–Trinajstić information content (AvgIpc) is 3.18. The topological polar surface area (TPSA) is 59.1 Å². The molecule has 0 bridgehead atoms. The molecule has 148 valence electrons. The zero-order chi connectivity index (χ0) is 21.1. The molecule has 1 aromatic heterocycles. The van der Waals surface area contributed by atoms with Gasteiger partial charge in [-0.1, -0.05) is 89.7 Å². The number of carbonyl (C=O) groups is 2. The highest BCUT2D eigenvalue weighted by atomic mass is 32.1. The van der Waals surface area contributed by atoms with Crippen molar-refractivity contribution in [2.45, 2.75) is 13.8 Å². The molecule has 0 spiro atoms. The number of aryl methyl sites for hydroxylation is 2. The highest BCUT2D eigenvalue weighted by molar-refractivity contribution is 7.18. The molecule has 30 heavy (non-hydrogen) atoms. The lowest BCUT2D eigenvalue weighted by atomic mass is 10.1. The van der Waals surface area contributed by atoms with Crippen molar-refractivity contribution < 1.29 is 9.59 Å². The van der Waals surface area contributed by atoms with Gasteiger partial charge >= 0.3 is 0 Å². The Morgan fingerprint density at radius 2 is 1.53 bits per heavy atom. The van der Waals surface area contributed by atoms with E-state index in [4.69, 9.17) is 0 Å². The number of hydrogen-bond donors (Lipinski definition) is 1. The molecule has 1 amide bonds. The van der Waals surface area contributed by atoms with Crippen LogP contribution in [0.1, 0.15) is 36.7 Å². The summed E-state index contributed by atoms with van der Waals surface area (Å²) in [6.07, 6.45) is 0.